The SMILES string of the molecule is Cc1cc(C(=O)NCCn2ccc3ccoc3c2=O)no1. The van der Waals surface area contributed by atoms with Gasteiger partial charge in [0.15, 0.2) is 11.3 Å². The van der Waals surface area contributed by atoms with Crippen LogP contribution in [0.1, 0.15) is 16.2 Å². The average molecular weight is 287 g/mol. The van der Waals surface area contributed by atoms with Crippen LogP contribution in [0.3, 0.4) is 0 Å². The highest BCUT2D eigenvalue weighted by Gasteiger charge is 2.10. The van der Waals surface area contributed by atoms with Crippen molar-refractivity contribution in [3.8, 4) is 0 Å². The fraction of sp³-hybridized carbons (Fsp3) is 0.214. The molecule has 0 aliphatic heterocycles. The van der Waals surface area contributed by atoms with Crippen LogP contribution in [0.15, 0.2) is 44.4 Å². The number of furan rings is 1. The predicted molar refractivity (Wildman–Crippen MR) is 74.0 cm³/mol. The van der Waals surface area contributed by atoms with E-state index in [0.717, 1.165) is 5.39 Å². The third kappa shape index (κ3) is 2.58. The molecule has 21 heavy (non-hydrogen) atoms. The number of nitrogens with zero attached hydrogens (tertiary/aromatic N) is 2. The summed E-state index contributed by atoms with van der Waals surface area (Å²) in [5.74, 6) is 0.235. The minimum absolute atomic E-state index is 0.218. The molecular formula is C14H13N3O4. The van der Waals surface area contributed by atoms with Gasteiger partial charge in [0, 0.05) is 30.7 Å². The summed E-state index contributed by atoms with van der Waals surface area (Å²) < 4.78 is 11.5. The summed E-state index contributed by atoms with van der Waals surface area (Å²) in [4.78, 5) is 23.8. The van der Waals surface area contributed by atoms with Crippen molar-refractivity contribution in [1.29, 1.82) is 0 Å². The molecule has 0 radical (unpaired) electrons. The second-order valence-electron chi connectivity index (χ2n) is 4.60. The fourth-order valence-electron chi connectivity index (χ4n) is 2.02. The summed E-state index contributed by atoms with van der Waals surface area (Å²) in [7, 11) is 0. The van der Waals surface area contributed by atoms with E-state index in [1.54, 1.807) is 31.3 Å². The number of aromatic nitrogens is 2. The Bertz CT molecular complexity index is 843. The first kappa shape index (κ1) is 13.2. The number of fused-ring (bicyclic) bond motifs is 1. The molecule has 3 rings (SSSR count). The van der Waals surface area contributed by atoms with E-state index in [-0.39, 0.29) is 17.2 Å². The summed E-state index contributed by atoms with van der Waals surface area (Å²) >= 11 is 0. The van der Waals surface area contributed by atoms with Crippen LogP contribution >= 0.6 is 0 Å². The Kier molecular flexibility index (Phi) is 3.31. The normalized spacial score (nSPS) is 10.9. The van der Waals surface area contributed by atoms with Crippen LogP contribution in [-0.2, 0) is 6.54 Å². The van der Waals surface area contributed by atoms with Crippen molar-refractivity contribution in [3.05, 3.63) is 52.5 Å². The number of carbonyl (C=O) groups excluding carboxylic acids is 1. The van der Waals surface area contributed by atoms with E-state index >= 15 is 0 Å². The fourth-order valence-corrected chi connectivity index (χ4v) is 2.02. The average Bonchev–Trinajstić information content (AvgIpc) is 3.10. The van der Waals surface area contributed by atoms with Gasteiger partial charge in [-0.25, -0.2) is 0 Å². The number of nitrogens with one attached hydrogen (secondary N) is 1. The Labute approximate surface area is 119 Å². The third-order valence-corrected chi connectivity index (χ3v) is 3.08. The van der Waals surface area contributed by atoms with Crippen molar-refractivity contribution >= 4 is 16.9 Å². The topological polar surface area (TPSA) is 90.3 Å². The van der Waals surface area contributed by atoms with Crippen LogP contribution in [0.5, 0.6) is 0 Å². The van der Waals surface area contributed by atoms with E-state index in [2.05, 4.69) is 10.5 Å². The number of amides is 1. The molecule has 0 bridgehead atoms. The van der Waals surface area contributed by atoms with Crippen molar-refractivity contribution in [1.82, 2.24) is 15.0 Å². The molecule has 3 aromatic rings. The molecule has 0 aliphatic carbocycles. The standard InChI is InChI=1S/C14H13N3O4/c1-9-8-11(16-21-9)13(18)15-4-6-17-5-2-10-3-7-20-12(10)14(17)19/h2-3,5,7-8H,4,6H2,1H3,(H,15,18). The monoisotopic (exact) mass is 287 g/mol. The predicted octanol–water partition coefficient (Wildman–Crippen LogP) is 1.32. The highest BCUT2D eigenvalue weighted by Crippen LogP contribution is 2.09. The lowest BCUT2D eigenvalue weighted by Gasteiger charge is -2.06. The molecule has 1 amide bonds. The van der Waals surface area contributed by atoms with E-state index < -0.39 is 0 Å². The quantitative estimate of drug-likeness (QED) is 0.781. The van der Waals surface area contributed by atoms with Gasteiger partial charge in [-0.3, -0.25) is 9.59 Å². The van der Waals surface area contributed by atoms with Crippen molar-refractivity contribution in [2.75, 3.05) is 6.54 Å². The molecule has 0 saturated heterocycles. The molecule has 1 N–H and O–H groups in total. The molecule has 0 spiro atoms. The van der Waals surface area contributed by atoms with Gasteiger partial charge in [0.2, 0.25) is 0 Å². The molecule has 0 saturated carbocycles. The highest BCUT2D eigenvalue weighted by molar-refractivity contribution is 5.92. The zero-order valence-electron chi connectivity index (χ0n) is 11.3. The first-order valence-corrected chi connectivity index (χ1v) is 6.43. The molecule has 0 atom stereocenters. The van der Waals surface area contributed by atoms with Gasteiger partial charge in [0.1, 0.15) is 5.76 Å². The smallest absolute Gasteiger partial charge is 0.294 e. The van der Waals surface area contributed by atoms with E-state index in [1.807, 2.05) is 0 Å². The molecule has 0 fully saturated rings. The number of aryl methyl sites for hydroxylation is 1. The van der Waals surface area contributed by atoms with Crippen LogP contribution in [0.25, 0.3) is 11.0 Å². The lowest BCUT2D eigenvalue weighted by atomic mass is 10.3. The van der Waals surface area contributed by atoms with Crippen molar-refractivity contribution in [2.45, 2.75) is 13.5 Å². The van der Waals surface area contributed by atoms with Crippen LogP contribution in [0.2, 0.25) is 0 Å². The third-order valence-electron chi connectivity index (χ3n) is 3.08. The Morgan fingerprint density at radius 3 is 3.05 bits per heavy atom. The molecule has 7 heteroatoms. The minimum Gasteiger partial charge on any atom is -0.459 e. The zero-order valence-corrected chi connectivity index (χ0v) is 11.3. The number of carbonyl (C=O) groups is 1. The van der Waals surface area contributed by atoms with Gasteiger partial charge in [0.05, 0.1) is 6.26 Å². The maximum absolute atomic E-state index is 12.1. The van der Waals surface area contributed by atoms with Crippen LogP contribution in [-0.4, -0.2) is 22.2 Å². The number of hydrogen-bond donors (Lipinski definition) is 1. The van der Waals surface area contributed by atoms with Crippen molar-refractivity contribution in [2.24, 2.45) is 0 Å². The Morgan fingerprint density at radius 2 is 2.29 bits per heavy atom. The molecular weight excluding hydrogens is 274 g/mol. The molecule has 0 aromatic carbocycles. The summed E-state index contributed by atoms with van der Waals surface area (Å²) in [6.45, 7) is 2.36. The maximum atomic E-state index is 12.1. The maximum Gasteiger partial charge on any atom is 0.294 e. The van der Waals surface area contributed by atoms with E-state index in [0.29, 0.717) is 24.4 Å². The van der Waals surface area contributed by atoms with Gasteiger partial charge < -0.3 is 18.8 Å². The van der Waals surface area contributed by atoms with Crippen LogP contribution < -0.4 is 10.9 Å². The molecule has 7 nitrogen and oxygen atoms in total. The molecule has 0 unspecified atom stereocenters. The highest BCUT2D eigenvalue weighted by atomic mass is 16.5. The Hall–Kier alpha value is -2.83. The summed E-state index contributed by atoms with van der Waals surface area (Å²) in [6.07, 6.45) is 3.15. The summed E-state index contributed by atoms with van der Waals surface area (Å²) in [5.41, 5.74) is 0.321. The molecule has 3 aromatic heterocycles. The van der Waals surface area contributed by atoms with E-state index in [9.17, 15) is 9.59 Å². The summed E-state index contributed by atoms with van der Waals surface area (Å²) in [6, 6.07) is 5.08. The Balaban J connectivity index is 1.65. The second kappa shape index (κ2) is 5.28. The van der Waals surface area contributed by atoms with E-state index in [1.165, 1.54) is 10.8 Å². The van der Waals surface area contributed by atoms with Gasteiger partial charge in [-0.15, -0.1) is 0 Å². The molecule has 3 heterocycles. The lowest BCUT2D eigenvalue weighted by Crippen LogP contribution is -2.30. The first-order valence-electron chi connectivity index (χ1n) is 6.43. The Morgan fingerprint density at radius 1 is 1.43 bits per heavy atom. The van der Waals surface area contributed by atoms with Crippen molar-refractivity contribution < 1.29 is 13.7 Å². The molecule has 108 valence electrons. The largest absolute Gasteiger partial charge is 0.459 e. The molecule has 0 aliphatic rings. The number of pyridine rings is 1. The second-order valence-corrected chi connectivity index (χ2v) is 4.60. The number of rotatable bonds is 4. The zero-order chi connectivity index (χ0) is 14.8. The van der Waals surface area contributed by atoms with E-state index in [4.69, 9.17) is 8.94 Å². The van der Waals surface area contributed by atoms with Gasteiger partial charge in [-0.2, -0.15) is 0 Å². The summed E-state index contributed by atoms with van der Waals surface area (Å²) in [5, 5.41) is 7.06. The van der Waals surface area contributed by atoms with Crippen molar-refractivity contribution in [3.63, 3.8) is 0 Å². The van der Waals surface area contributed by atoms with Crippen LogP contribution in [0, 0.1) is 6.92 Å². The van der Waals surface area contributed by atoms with Gasteiger partial charge >= 0.3 is 0 Å². The van der Waals surface area contributed by atoms with Gasteiger partial charge in [-0.1, -0.05) is 5.16 Å². The lowest BCUT2D eigenvalue weighted by molar-refractivity contribution is 0.0943. The van der Waals surface area contributed by atoms with Gasteiger partial charge in [0.25, 0.3) is 11.5 Å². The minimum atomic E-state index is -0.334. The van der Waals surface area contributed by atoms with Gasteiger partial charge in [-0.05, 0) is 19.1 Å². The first-order chi connectivity index (χ1) is 10.1. The van der Waals surface area contributed by atoms with Crippen LogP contribution in [0.4, 0.5) is 0 Å². The number of hydrogen-bond acceptors (Lipinski definition) is 5.